The predicted molar refractivity (Wildman–Crippen MR) is 209 cm³/mol. The van der Waals surface area contributed by atoms with Gasteiger partial charge in [-0.15, -0.1) is 5.69 Å². The van der Waals surface area contributed by atoms with Crippen molar-refractivity contribution in [2.45, 2.75) is 132 Å². The van der Waals surface area contributed by atoms with Crippen molar-refractivity contribution in [1.29, 1.82) is 0 Å². The first-order valence-corrected chi connectivity index (χ1v) is 16.7. The molecular formula is C41H64BMgN3+2. The number of allylic oxidation sites excluding steroid dienone is 2. The van der Waals surface area contributed by atoms with Gasteiger partial charge in [-0.3, -0.25) is 0 Å². The fourth-order valence-corrected chi connectivity index (χ4v) is 5.70. The fraction of sp³-hybridized carbons (Fsp3) is 0.488. The molecule has 0 amide bonds. The minimum absolute atomic E-state index is 0. The van der Waals surface area contributed by atoms with Crippen molar-refractivity contribution in [3.63, 3.8) is 0 Å². The first-order valence-electron chi connectivity index (χ1n) is 16.7. The third kappa shape index (κ3) is 11.4. The maximum Gasteiger partial charge on any atom is 2.00 e. The van der Waals surface area contributed by atoms with Crippen LogP contribution in [-0.2, 0) is 0 Å². The van der Waals surface area contributed by atoms with E-state index in [0.717, 1.165) is 17.1 Å². The quantitative estimate of drug-likeness (QED) is 0.120. The maximum atomic E-state index is 5.10. The van der Waals surface area contributed by atoms with E-state index in [0.29, 0.717) is 43.5 Å². The number of para-hydroxylation sites is 2. The van der Waals surface area contributed by atoms with Crippen molar-refractivity contribution in [2.24, 2.45) is 0 Å². The van der Waals surface area contributed by atoms with Gasteiger partial charge in [-0.05, 0) is 41.6 Å². The van der Waals surface area contributed by atoms with E-state index >= 15 is 0 Å². The number of hydrogen-bond acceptors (Lipinski definition) is 0. The largest absolute Gasteiger partial charge is 2.00 e. The van der Waals surface area contributed by atoms with Crippen LogP contribution in [0.3, 0.4) is 0 Å². The minimum atomic E-state index is 0. The molecule has 0 heterocycles. The van der Waals surface area contributed by atoms with Crippen molar-refractivity contribution in [1.82, 2.24) is 0 Å². The van der Waals surface area contributed by atoms with Gasteiger partial charge in [0.25, 0.3) is 0 Å². The van der Waals surface area contributed by atoms with Crippen LogP contribution in [0.5, 0.6) is 0 Å². The zero-order chi connectivity index (χ0) is 34.0. The summed E-state index contributed by atoms with van der Waals surface area (Å²) >= 11 is 0. The van der Waals surface area contributed by atoms with E-state index in [9.17, 15) is 0 Å². The van der Waals surface area contributed by atoms with E-state index in [1.165, 1.54) is 39.1 Å². The summed E-state index contributed by atoms with van der Waals surface area (Å²) in [6, 6.07) is 20.0. The van der Waals surface area contributed by atoms with Gasteiger partial charge in [-0.2, -0.15) is 5.70 Å². The van der Waals surface area contributed by atoms with Crippen molar-refractivity contribution in [2.75, 3.05) is 0 Å². The molecule has 0 radical (unpaired) electrons. The maximum absolute atomic E-state index is 5.10. The predicted octanol–water partition coefficient (Wildman–Crippen LogP) is 8.99. The van der Waals surface area contributed by atoms with Gasteiger partial charge < -0.3 is 10.5 Å². The van der Waals surface area contributed by atoms with Crippen LogP contribution in [0.4, 0.5) is 17.1 Å². The summed E-state index contributed by atoms with van der Waals surface area (Å²) in [6.45, 7) is 31.4. The molecule has 0 aromatic heterocycles. The molecule has 5 heteroatoms. The molecule has 0 saturated heterocycles. The van der Waals surface area contributed by atoms with Gasteiger partial charge >= 0.3 is 23.1 Å². The monoisotopic (exact) mass is 634 g/mol. The molecule has 0 fully saturated rings. The van der Waals surface area contributed by atoms with Gasteiger partial charge in [0.05, 0.1) is 5.69 Å². The number of quaternary nitrogens is 1. The summed E-state index contributed by atoms with van der Waals surface area (Å²) in [6.07, 6.45) is 2.17. The Morgan fingerprint density at radius 1 is 0.587 bits per heavy atom. The Kier molecular flexibility index (Phi) is 17.6. The number of nitrogens with zero attached hydrogens (tertiary/aromatic N) is 1. The number of nitrogens with two attached hydrogens (primary N) is 1. The van der Waals surface area contributed by atoms with Crippen LogP contribution < -0.4 is 10.2 Å². The van der Waals surface area contributed by atoms with E-state index in [1.807, 2.05) is 0 Å². The average Bonchev–Trinajstić information content (AvgIpc) is 2.96. The van der Waals surface area contributed by atoms with Gasteiger partial charge in [-0.1, -0.05) is 156 Å². The Bertz CT molecular complexity index is 1370. The number of benzene rings is 3. The molecule has 246 valence electrons. The van der Waals surface area contributed by atoms with Gasteiger partial charge in [0.1, 0.15) is 0 Å². The molecule has 0 bridgehead atoms. The van der Waals surface area contributed by atoms with Crippen LogP contribution in [0, 0.1) is 0 Å². The molecule has 0 saturated carbocycles. The Morgan fingerprint density at radius 2 is 0.913 bits per heavy atom. The molecule has 0 spiro atoms. The van der Waals surface area contributed by atoms with E-state index in [1.54, 1.807) is 5.69 Å². The Hall–Kier alpha value is -2.34. The zero-order valence-electron chi connectivity index (χ0n) is 31.0. The first kappa shape index (κ1) is 41.7. The standard InChI is InChI=1S/C29H41N2.C12H22BN.Mg/c1-18(2)24-13-11-14-25(19(3)4)28(24)30-22(9)17-23(10)31-29-26(20(5)6)15-12-16-27(29)21(7)8;1-8(2)10-6-5-7-11(9(3)4)12(10)14-13;/h11-21H,1-10H3;5-9H,14H2,1-4,13H3;/q-1;;+2/p+1/b22-17-,31-23?;;. The van der Waals surface area contributed by atoms with Crippen LogP contribution in [0.2, 0.25) is 0 Å². The third-order valence-electron chi connectivity index (χ3n) is 8.17. The van der Waals surface area contributed by atoms with Gasteiger partial charge in [0.15, 0.2) is 13.7 Å². The molecule has 3 aromatic carbocycles. The second-order valence-corrected chi connectivity index (χ2v) is 14.1. The summed E-state index contributed by atoms with van der Waals surface area (Å²) in [4.78, 5) is 3.71. The number of hydrogen-bond donors (Lipinski definition) is 2. The normalized spacial score (nSPS) is 12.3. The SMILES string of the molecule is CC(/C=C(/C)[N-]c1c(C(C)C)cccc1C(C)C)=[NH+]c1c(C(C)C)cccc1C(C)C.[BH3-][NH2+]c1c(C(C)C)cccc1C(C)C.[Mg+2]. The molecule has 3 nitrogen and oxygen atoms in total. The molecule has 0 aliphatic carbocycles. The van der Waals surface area contributed by atoms with Crippen LogP contribution in [0.15, 0.2) is 66.4 Å². The summed E-state index contributed by atoms with van der Waals surface area (Å²) in [7, 11) is 0.347. The molecule has 0 aliphatic heterocycles. The van der Waals surface area contributed by atoms with Gasteiger partial charge in [0.2, 0.25) is 5.69 Å². The van der Waals surface area contributed by atoms with Gasteiger partial charge in [0, 0.05) is 29.2 Å². The molecule has 0 aliphatic rings. The molecule has 0 unspecified atom stereocenters. The number of nitrogens with one attached hydrogen (secondary N) is 1. The number of rotatable bonds is 11. The van der Waals surface area contributed by atoms with Crippen molar-refractivity contribution < 1.29 is 10.2 Å². The second-order valence-electron chi connectivity index (χ2n) is 14.1. The second kappa shape index (κ2) is 19.5. The molecule has 3 aromatic rings. The summed E-state index contributed by atoms with van der Waals surface area (Å²) in [5.41, 5.74) is 14.5. The molecular weight excluding hydrogens is 570 g/mol. The molecule has 46 heavy (non-hydrogen) atoms. The van der Waals surface area contributed by atoms with E-state index < -0.39 is 0 Å². The average molecular weight is 634 g/mol. The van der Waals surface area contributed by atoms with Crippen molar-refractivity contribution >= 4 is 53.8 Å². The van der Waals surface area contributed by atoms with E-state index in [2.05, 4.69) is 168 Å². The molecule has 0 atom stereocenters. The van der Waals surface area contributed by atoms with Crippen LogP contribution in [0.1, 0.15) is 166 Å². The van der Waals surface area contributed by atoms with Crippen LogP contribution in [0.25, 0.3) is 5.32 Å². The van der Waals surface area contributed by atoms with Crippen molar-refractivity contribution in [3.8, 4) is 0 Å². The van der Waals surface area contributed by atoms with E-state index in [-0.39, 0.29) is 23.1 Å². The smallest absolute Gasteiger partial charge is 0.661 e. The Morgan fingerprint density at radius 3 is 1.24 bits per heavy atom. The van der Waals surface area contributed by atoms with Gasteiger partial charge in [-0.25, -0.2) is 4.99 Å². The summed E-state index contributed by atoms with van der Waals surface area (Å²) in [5, 5.41) is 7.59. The topological polar surface area (TPSA) is 44.7 Å². The van der Waals surface area contributed by atoms with E-state index in [4.69, 9.17) is 5.32 Å². The summed E-state index contributed by atoms with van der Waals surface area (Å²) < 4.78 is 0. The molecule has 3 N–H and O–H groups in total. The third-order valence-corrected chi connectivity index (χ3v) is 8.17. The fourth-order valence-electron chi connectivity index (χ4n) is 5.70. The minimum Gasteiger partial charge on any atom is -0.661 e. The summed E-state index contributed by atoms with van der Waals surface area (Å²) in [5.74, 6) is 3.13. The Labute approximate surface area is 300 Å². The molecule has 3 rings (SSSR count). The van der Waals surface area contributed by atoms with Crippen molar-refractivity contribution in [3.05, 3.63) is 105 Å². The zero-order valence-corrected chi connectivity index (χ0v) is 32.4. The Balaban J connectivity index is 0.000000591. The van der Waals surface area contributed by atoms with Crippen LogP contribution in [-0.4, -0.2) is 36.7 Å². The van der Waals surface area contributed by atoms with Crippen LogP contribution >= 0.6 is 0 Å². The first-order chi connectivity index (χ1) is 21.1.